The first-order chi connectivity index (χ1) is 10.5. The number of amides is 2. The Hall–Kier alpha value is -1.95. The van der Waals surface area contributed by atoms with Crippen LogP contribution in [0.5, 0.6) is 0 Å². The number of nitrogens with one attached hydrogen (secondary N) is 3. The number of thiocarbonyl (C=S) groups is 1. The van der Waals surface area contributed by atoms with E-state index in [0.717, 1.165) is 25.7 Å². The minimum absolute atomic E-state index is 0.0772. The third kappa shape index (κ3) is 7.73. The van der Waals surface area contributed by atoms with Crippen LogP contribution in [0.15, 0.2) is 24.3 Å². The highest BCUT2D eigenvalue weighted by atomic mass is 32.1. The molecule has 0 atom stereocenters. The summed E-state index contributed by atoms with van der Waals surface area (Å²) in [7, 11) is 0. The number of anilines is 2. The Kier molecular flexibility index (Phi) is 8.14. The summed E-state index contributed by atoms with van der Waals surface area (Å²) >= 11 is 5.11. The molecule has 6 heteroatoms. The van der Waals surface area contributed by atoms with Crippen LogP contribution < -0.4 is 16.0 Å². The van der Waals surface area contributed by atoms with Gasteiger partial charge in [-0.1, -0.05) is 32.3 Å². The van der Waals surface area contributed by atoms with E-state index in [1.165, 1.54) is 6.92 Å². The van der Waals surface area contributed by atoms with E-state index in [2.05, 4.69) is 22.9 Å². The fraction of sp³-hybridized carbons (Fsp3) is 0.438. The summed E-state index contributed by atoms with van der Waals surface area (Å²) < 4.78 is 0. The van der Waals surface area contributed by atoms with Crippen LogP contribution in [0.25, 0.3) is 0 Å². The van der Waals surface area contributed by atoms with Gasteiger partial charge in [-0.3, -0.25) is 9.59 Å². The summed E-state index contributed by atoms with van der Waals surface area (Å²) in [6.07, 6.45) is 4.70. The topological polar surface area (TPSA) is 70.2 Å². The molecule has 0 unspecified atom stereocenters. The molecule has 120 valence electrons. The van der Waals surface area contributed by atoms with Crippen molar-refractivity contribution in [2.45, 2.75) is 46.0 Å². The van der Waals surface area contributed by atoms with E-state index in [4.69, 9.17) is 12.2 Å². The first-order valence-electron chi connectivity index (χ1n) is 7.49. The highest BCUT2D eigenvalue weighted by molar-refractivity contribution is 7.80. The molecule has 0 bridgehead atoms. The summed E-state index contributed by atoms with van der Waals surface area (Å²) in [5.41, 5.74) is 1.38. The van der Waals surface area contributed by atoms with Crippen LogP contribution in [-0.2, 0) is 9.59 Å². The van der Waals surface area contributed by atoms with Gasteiger partial charge in [0.15, 0.2) is 5.11 Å². The standard InChI is InChI=1S/C16H23N3O2S/c1-3-4-5-6-10-15(21)19-16(22)18-14-9-7-8-13(11-14)17-12(2)20/h7-9,11H,3-6,10H2,1-2H3,(H,17,20)(H2,18,19,21,22). The maximum absolute atomic E-state index is 11.7. The molecular formula is C16H23N3O2S. The lowest BCUT2D eigenvalue weighted by atomic mass is 10.1. The van der Waals surface area contributed by atoms with Crippen molar-refractivity contribution in [2.24, 2.45) is 0 Å². The van der Waals surface area contributed by atoms with Crippen LogP contribution in [0.3, 0.4) is 0 Å². The third-order valence-corrected chi connectivity index (χ3v) is 3.16. The zero-order valence-corrected chi connectivity index (χ0v) is 13.9. The minimum atomic E-state index is -0.139. The second-order valence-corrected chi connectivity index (χ2v) is 5.48. The van der Waals surface area contributed by atoms with E-state index in [1.54, 1.807) is 18.2 Å². The van der Waals surface area contributed by atoms with Crippen LogP contribution in [0.1, 0.15) is 46.0 Å². The number of hydrogen-bond donors (Lipinski definition) is 3. The van der Waals surface area contributed by atoms with Gasteiger partial charge in [-0.15, -0.1) is 0 Å². The molecule has 0 aromatic heterocycles. The Balaban J connectivity index is 2.41. The third-order valence-electron chi connectivity index (χ3n) is 2.95. The fourth-order valence-corrected chi connectivity index (χ4v) is 2.17. The maximum atomic E-state index is 11.7. The smallest absolute Gasteiger partial charge is 0.226 e. The lowest BCUT2D eigenvalue weighted by Crippen LogP contribution is -2.33. The summed E-state index contributed by atoms with van der Waals surface area (Å²) in [6, 6.07) is 7.14. The molecule has 0 aliphatic rings. The minimum Gasteiger partial charge on any atom is -0.332 e. The van der Waals surface area contributed by atoms with Gasteiger partial charge in [-0.05, 0) is 36.8 Å². The quantitative estimate of drug-likeness (QED) is 0.531. The van der Waals surface area contributed by atoms with Crippen LogP contribution >= 0.6 is 12.2 Å². The molecule has 0 spiro atoms. The van der Waals surface area contributed by atoms with Gasteiger partial charge in [0.2, 0.25) is 11.8 Å². The zero-order chi connectivity index (χ0) is 16.4. The van der Waals surface area contributed by atoms with Gasteiger partial charge in [0, 0.05) is 24.7 Å². The van der Waals surface area contributed by atoms with Crippen molar-refractivity contribution in [3.8, 4) is 0 Å². The maximum Gasteiger partial charge on any atom is 0.226 e. The SMILES string of the molecule is CCCCCCC(=O)NC(=S)Nc1cccc(NC(C)=O)c1. The molecule has 0 aliphatic heterocycles. The predicted molar refractivity (Wildman–Crippen MR) is 93.9 cm³/mol. The van der Waals surface area contributed by atoms with Crippen molar-refractivity contribution in [2.75, 3.05) is 10.6 Å². The van der Waals surface area contributed by atoms with Gasteiger partial charge < -0.3 is 16.0 Å². The monoisotopic (exact) mass is 321 g/mol. The van der Waals surface area contributed by atoms with Gasteiger partial charge in [-0.2, -0.15) is 0 Å². The van der Waals surface area contributed by atoms with Crippen molar-refractivity contribution in [1.82, 2.24) is 5.32 Å². The molecule has 3 N–H and O–H groups in total. The molecule has 0 saturated carbocycles. The molecule has 22 heavy (non-hydrogen) atoms. The second kappa shape index (κ2) is 9.89. The highest BCUT2D eigenvalue weighted by Gasteiger charge is 2.05. The zero-order valence-electron chi connectivity index (χ0n) is 13.1. The van der Waals surface area contributed by atoms with E-state index in [1.807, 2.05) is 6.07 Å². The molecule has 0 aliphatic carbocycles. The van der Waals surface area contributed by atoms with Gasteiger partial charge in [0.1, 0.15) is 0 Å². The molecule has 2 amide bonds. The van der Waals surface area contributed by atoms with Crippen molar-refractivity contribution < 1.29 is 9.59 Å². The van der Waals surface area contributed by atoms with Gasteiger partial charge >= 0.3 is 0 Å². The van der Waals surface area contributed by atoms with Crippen LogP contribution in [0.4, 0.5) is 11.4 Å². The van der Waals surface area contributed by atoms with E-state index < -0.39 is 0 Å². The Morgan fingerprint density at radius 3 is 2.41 bits per heavy atom. The van der Waals surface area contributed by atoms with Crippen molar-refractivity contribution in [3.63, 3.8) is 0 Å². The normalized spacial score (nSPS) is 9.91. The molecule has 0 heterocycles. The largest absolute Gasteiger partial charge is 0.332 e. The number of carbonyl (C=O) groups is 2. The molecule has 0 saturated heterocycles. The fourth-order valence-electron chi connectivity index (χ4n) is 1.94. The lowest BCUT2D eigenvalue weighted by Gasteiger charge is -2.11. The Morgan fingerprint density at radius 2 is 1.77 bits per heavy atom. The molecular weight excluding hydrogens is 298 g/mol. The average Bonchev–Trinajstić information content (AvgIpc) is 2.43. The number of hydrogen-bond acceptors (Lipinski definition) is 3. The Bertz CT molecular complexity index is 532. The summed E-state index contributed by atoms with van der Waals surface area (Å²) in [5, 5.41) is 8.55. The average molecular weight is 321 g/mol. The Morgan fingerprint density at radius 1 is 1.09 bits per heavy atom. The number of benzene rings is 1. The summed E-state index contributed by atoms with van der Waals surface area (Å²) in [5.74, 6) is -0.216. The molecule has 1 aromatic carbocycles. The molecule has 0 fully saturated rings. The van der Waals surface area contributed by atoms with Gasteiger partial charge in [0.05, 0.1) is 0 Å². The van der Waals surface area contributed by atoms with Gasteiger partial charge in [-0.25, -0.2) is 0 Å². The summed E-state index contributed by atoms with van der Waals surface area (Å²) in [6.45, 7) is 3.58. The second-order valence-electron chi connectivity index (χ2n) is 5.07. The van der Waals surface area contributed by atoms with Gasteiger partial charge in [0.25, 0.3) is 0 Å². The van der Waals surface area contributed by atoms with Crippen LogP contribution in [0.2, 0.25) is 0 Å². The van der Waals surface area contributed by atoms with Crippen molar-refractivity contribution in [3.05, 3.63) is 24.3 Å². The molecule has 0 radical (unpaired) electrons. The molecule has 5 nitrogen and oxygen atoms in total. The first-order valence-corrected chi connectivity index (χ1v) is 7.90. The van der Waals surface area contributed by atoms with Crippen molar-refractivity contribution in [1.29, 1.82) is 0 Å². The lowest BCUT2D eigenvalue weighted by molar-refractivity contribution is -0.119. The van der Waals surface area contributed by atoms with E-state index >= 15 is 0 Å². The Labute approximate surface area is 136 Å². The van der Waals surface area contributed by atoms with Crippen LogP contribution in [-0.4, -0.2) is 16.9 Å². The number of unbranched alkanes of at least 4 members (excludes halogenated alkanes) is 3. The first kappa shape index (κ1) is 18.1. The predicted octanol–water partition coefficient (Wildman–Crippen LogP) is 3.43. The van der Waals surface area contributed by atoms with Crippen molar-refractivity contribution >= 4 is 40.5 Å². The van der Waals surface area contributed by atoms with E-state index in [0.29, 0.717) is 17.8 Å². The summed E-state index contributed by atoms with van der Waals surface area (Å²) in [4.78, 5) is 22.7. The van der Waals surface area contributed by atoms with E-state index in [9.17, 15) is 9.59 Å². The number of carbonyl (C=O) groups excluding carboxylic acids is 2. The number of rotatable bonds is 7. The van der Waals surface area contributed by atoms with Crippen LogP contribution in [0, 0.1) is 0 Å². The molecule has 1 aromatic rings. The van der Waals surface area contributed by atoms with E-state index in [-0.39, 0.29) is 16.9 Å². The molecule has 1 rings (SSSR count). The highest BCUT2D eigenvalue weighted by Crippen LogP contribution is 2.14.